The van der Waals surface area contributed by atoms with E-state index in [1.54, 1.807) is 0 Å². The molecule has 0 radical (unpaired) electrons. The van der Waals surface area contributed by atoms with E-state index in [9.17, 15) is 35.6 Å². The third-order valence-corrected chi connectivity index (χ3v) is 4.11. The number of ketones is 1. The van der Waals surface area contributed by atoms with E-state index in [2.05, 4.69) is 4.74 Å². The summed E-state index contributed by atoms with van der Waals surface area (Å²) in [5.74, 6) is -6.23. The van der Waals surface area contributed by atoms with E-state index in [-0.39, 0.29) is 31.7 Å². The molecule has 0 amide bonds. The van der Waals surface area contributed by atoms with Crippen molar-refractivity contribution < 1.29 is 44.9 Å². The number of ether oxygens (including phenoxy) is 1. The smallest absolute Gasteiger partial charge is 0.431 e. The highest BCUT2D eigenvalue weighted by atomic mass is 32.2. The molecule has 0 heterocycles. The molecule has 0 unspecified atom stereocenters. The molecule has 0 aliphatic heterocycles. The maximum absolute atomic E-state index is 13.1. The molecule has 128 valence electrons. The number of hydrogen-bond donors (Lipinski definition) is 1. The van der Waals surface area contributed by atoms with Crippen molar-refractivity contribution in [1.82, 2.24) is 0 Å². The van der Waals surface area contributed by atoms with Crippen LogP contribution >= 0.6 is 0 Å². The summed E-state index contributed by atoms with van der Waals surface area (Å²) in [5, 5.41) is -5.58. The Morgan fingerprint density at radius 2 is 1.77 bits per heavy atom. The zero-order valence-electron chi connectivity index (χ0n) is 11.2. The summed E-state index contributed by atoms with van der Waals surface area (Å²) in [6, 6.07) is 0. The Morgan fingerprint density at radius 1 is 1.23 bits per heavy atom. The van der Waals surface area contributed by atoms with Crippen molar-refractivity contribution in [3.63, 3.8) is 0 Å². The number of unbranched alkanes of at least 4 members (excludes halogenated alkanes) is 1. The van der Waals surface area contributed by atoms with Gasteiger partial charge >= 0.3 is 27.3 Å². The Hall–Kier alpha value is -1.23. The van der Waals surface area contributed by atoms with Gasteiger partial charge in [0.05, 0.1) is 12.5 Å². The third kappa shape index (κ3) is 4.15. The van der Waals surface area contributed by atoms with E-state index < -0.39 is 46.0 Å². The minimum Gasteiger partial charge on any atom is -0.465 e. The van der Waals surface area contributed by atoms with Crippen molar-refractivity contribution in [2.24, 2.45) is 5.92 Å². The Balaban J connectivity index is 2.31. The topological polar surface area (TPSA) is 97.7 Å². The van der Waals surface area contributed by atoms with Crippen molar-refractivity contribution in [1.29, 1.82) is 0 Å². The molecule has 0 aromatic heterocycles. The largest absolute Gasteiger partial charge is 0.465 e. The van der Waals surface area contributed by atoms with Crippen LogP contribution in [-0.4, -0.2) is 42.5 Å². The molecule has 1 fully saturated rings. The van der Waals surface area contributed by atoms with Crippen LogP contribution < -0.4 is 0 Å². The average molecular weight is 350 g/mol. The predicted molar refractivity (Wildman–Crippen MR) is 64.0 cm³/mol. The lowest BCUT2D eigenvalue weighted by Crippen LogP contribution is -2.46. The summed E-state index contributed by atoms with van der Waals surface area (Å²) in [6.45, 7) is -0.308. The number of esters is 1. The van der Waals surface area contributed by atoms with Crippen LogP contribution in [0.25, 0.3) is 0 Å². The summed E-state index contributed by atoms with van der Waals surface area (Å²) in [4.78, 5) is 21.9. The fourth-order valence-corrected chi connectivity index (χ4v) is 2.21. The molecule has 0 bridgehead atoms. The normalized spacial score (nSPS) is 17.2. The number of carbonyl (C=O) groups excluding carboxylic acids is 2. The van der Waals surface area contributed by atoms with Gasteiger partial charge in [-0.1, -0.05) is 0 Å². The number of carbonyl (C=O) groups is 2. The molecule has 1 aliphatic carbocycles. The van der Waals surface area contributed by atoms with Crippen molar-refractivity contribution in [2.45, 2.75) is 43.3 Å². The predicted octanol–water partition coefficient (Wildman–Crippen LogP) is 1.79. The first-order valence-corrected chi connectivity index (χ1v) is 7.73. The molecule has 1 aliphatic rings. The monoisotopic (exact) mass is 350 g/mol. The molecule has 0 aromatic rings. The minimum absolute atomic E-state index is 0.0670. The SMILES string of the molecule is O=C1CC(C(=O)OCCCCC(F)(F)C(F)(F)S(=O)(=O)O)C1. The standard InChI is InChI=1S/C11H14F4O6S/c12-10(13,11(14,15)22(18,19)20)3-1-2-4-21-9(17)7-5-8(16)6-7/h7H,1-6H2,(H,18,19,20). The highest BCUT2D eigenvalue weighted by Gasteiger charge is 2.64. The van der Waals surface area contributed by atoms with E-state index in [0.717, 1.165) is 0 Å². The van der Waals surface area contributed by atoms with Crippen LogP contribution in [0.4, 0.5) is 17.6 Å². The highest BCUT2D eigenvalue weighted by molar-refractivity contribution is 7.87. The zero-order valence-corrected chi connectivity index (χ0v) is 12.0. The maximum Gasteiger partial charge on any atom is 0.431 e. The van der Waals surface area contributed by atoms with Gasteiger partial charge in [-0.25, -0.2) is 0 Å². The molecule has 11 heteroatoms. The Labute approximate surface area is 123 Å². The van der Waals surface area contributed by atoms with Gasteiger partial charge in [0.1, 0.15) is 5.78 Å². The van der Waals surface area contributed by atoms with E-state index in [0.29, 0.717) is 0 Å². The zero-order chi connectivity index (χ0) is 17.2. The van der Waals surface area contributed by atoms with Crippen molar-refractivity contribution in [3.8, 4) is 0 Å². The molecule has 22 heavy (non-hydrogen) atoms. The van der Waals surface area contributed by atoms with E-state index in [1.807, 2.05) is 0 Å². The molecular weight excluding hydrogens is 336 g/mol. The van der Waals surface area contributed by atoms with Crippen molar-refractivity contribution in [3.05, 3.63) is 0 Å². The average Bonchev–Trinajstić information content (AvgIpc) is 2.32. The van der Waals surface area contributed by atoms with Crippen LogP contribution in [-0.2, 0) is 24.4 Å². The summed E-state index contributed by atoms with van der Waals surface area (Å²) in [6.07, 6.45) is -2.10. The number of alkyl halides is 4. The second kappa shape index (κ2) is 6.49. The van der Waals surface area contributed by atoms with Gasteiger partial charge in [-0.2, -0.15) is 26.0 Å². The van der Waals surface area contributed by atoms with Gasteiger partial charge < -0.3 is 4.74 Å². The van der Waals surface area contributed by atoms with Crippen LogP contribution in [0.3, 0.4) is 0 Å². The second-order valence-corrected chi connectivity index (χ2v) is 6.43. The molecule has 1 rings (SSSR count). The number of rotatable bonds is 8. The van der Waals surface area contributed by atoms with Gasteiger partial charge in [0, 0.05) is 19.3 Å². The minimum atomic E-state index is -6.23. The van der Waals surface area contributed by atoms with Crippen molar-refractivity contribution in [2.75, 3.05) is 6.61 Å². The lowest BCUT2D eigenvalue weighted by Gasteiger charge is -2.24. The fourth-order valence-electron chi connectivity index (χ4n) is 1.73. The third-order valence-electron chi connectivity index (χ3n) is 3.16. The van der Waals surface area contributed by atoms with Gasteiger partial charge in [-0.15, -0.1) is 0 Å². The van der Waals surface area contributed by atoms with Gasteiger partial charge in [-0.3, -0.25) is 14.1 Å². The molecule has 0 atom stereocenters. The van der Waals surface area contributed by atoms with Gasteiger partial charge in [0.2, 0.25) is 0 Å². The number of hydrogen-bond acceptors (Lipinski definition) is 5. The molecule has 1 N–H and O–H groups in total. The first kappa shape index (κ1) is 18.8. The second-order valence-electron chi connectivity index (χ2n) is 4.96. The maximum atomic E-state index is 13.1. The number of Topliss-reactive ketones (excluding diaryl/α,β-unsaturated/α-hetero) is 1. The van der Waals surface area contributed by atoms with Crippen LogP contribution in [0.2, 0.25) is 0 Å². The summed E-state index contributed by atoms with van der Waals surface area (Å²) in [5.41, 5.74) is 0. The summed E-state index contributed by atoms with van der Waals surface area (Å²) < 4.78 is 85.1. The van der Waals surface area contributed by atoms with Crippen molar-refractivity contribution >= 4 is 21.9 Å². The molecule has 0 saturated heterocycles. The van der Waals surface area contributed by atoms with Crippen LogP contribution in [0.1, 0.15) is 32.1 Å². The van der Waals surface area contributed by atoms with Gasteiger partial charge in [-0.05, 0) is 12.8 Å². The molecule has 0 aromatic carbocycles. The van der Waals surface area contributed by atoms with Crippen LogP contribution in [0.5, 0.6) is 0 Å². The first-order valence-electron chi connectivity index (χ1n) is 6.29. The Kier molecular flexibility index (Phi) is 5.55. The summed E-state index contributed by atoms with van der Waals surface area (Å²) in [7, 11) is -6.23. The summed E-state index contributed by atoms with van der Waals surface area (Å²) >= 11 is 0. The molecule has 6 nitrogen and oxygen atoms in total. The molecule has 0 spiro atoms. The fraction of sp³-hybridized carbons (Fsp3) is 0.818. The van der Waals surface area contributed by atoms with E-state index in [4.69, 9.17) is 4.55 Å². The molecule has 1 saturated carbocycles. The van der Waals surface area contributed by atoms with Crippen LogP contribution in [0.15, 0.2) is 0 Å². The van der Waals surface area contributed by atoms with Gasteiger partial charge in [0.25, 0.3) is 0 Å². The lowest BCUT2D eigenvalue weighted by molar-refractivity contribution is -0.165. The Morgan fingerprint density at radius 3 is 2.23 bits per heavy atom. The lowest BCUT2D eigenvalue weighted by atomic mass is 9.84. The highest BCUT2D eigenvalue weighted by Crippen LogP contribution is 2.41. The number of halogens is 4. The van der Waals surface area contributed by atoms with Gasteiger partial charge in [0.15, 0.2) is 0 Å². The quantitative estimate of drug-likeness (QED) is 0.310. The van der Waals surface area contributed by atoms with E-state index >= 15 is 0 Å². The van der Waals surface area contributed by atoms with E-state index in [1.165, 1.54) is 0 Å². The Bertz CT molecular complexity index is 537. The first-order chi connectivity index (χ1) is 9.88. The van der Waals surface area contributed by atoms with Crippen LogP contribution in [0, 0.1) is 5.92 Å². The molecular formula is C11H14F4O6S.